The Balaban J connectivity index is 1.68. The van der Waals surface area contributed by atoms with E-state index in [4.69, 9.17) is 9.47 Å². The molecule has 1 N–H and O–H groups in total. The number of nitrogens with one attached hydrogen (secondary N) is 1. The van der Waals surface area contributed by atoms with E-state index < -0.39 is 0 Å². The number of benzene rings is 2. The van der Waals surface area contributed by atoms with Crippen molar-refractivity contribution in [1.29, 1.82) is 0 Å². The minimum atomic E-state index is -0.272. The highest BCUT2D eigenvalue weighted by atomic mass is 16.5. The number of para-hydroxylation sites is 1. The van der Waals surface area contributed by atoms with E-state index in [0.29, 0.717) is 13.0 Å². The molecule has 0 amide bonds. The predicted octanol–water partition coefficient (Wildman–Crippen LogP) is 2.56. The first-order valence-corrected chi connectivity index (χ1v) is 7.86. The average Bonchev–Trinajstić information content (AvgIpc) is 3.05. The van der Waals surface area contributed by atoms with Crippen molar-refractivity contribution in [2.45, 2.75) is 25.0 Å². The van der Waals surface area contributed by atoms with Gasteiger partial charge in [0.15, 0.2) is 0 Å². The van der Waals surface area contributed by atoms with Crippen LogP contribution in [0.25, 0.3) is 0 Å². The first-order chi connectivity index (χ1) is 11.3. The van der Waals surface area contributed by atoms with Crippen molar-refractivity contribution in [1.82, 2.24) is 5.32 Å². The number of esters is 1. The molecule has 0 radical (unpaired) electrons. The highest BCUT2D eigenvalue weighted by molar-refractivity contribution is 5.76. The quantitative estimate of drug-likeness (QED) is 0.862. The third-order valence-electron chi connectivity index (χ3n) is 4.08. The Bertz CT molecular complexity index is 657. The number of ether oxygens (including phenoxy) is 2. The molecule has 1 aliphatic rings. The summed E-state index contributed by atoms with van der Waals surface area (Å²) in [5, 5.41) is 3.15. The number of carbonyl (C=O) groups excluding carboxylic acids is 1. The molecule has 1 saturated heterocycles. The maximum Gasteiger partial charge on any atom is 0.323 e. The van der Waals surface area contributed by atoms with E-state index >= 15 is 0 Å². The largest absolute Gasteiger partial charge is 0.489 e. The average molecular weight is 311 g/mol. The number of hydrogen-bond acceptors (Lipinski definition) is 4. The third-order valence-corrected chi connectivity index (χ3v) is 4.08. The van der Waals surface area contributed by atoms with Crippen LogP contribution in [-0.4, -0.2) is 31.8 Å². The maximum atomic E-state index is 11.6. The van der Waals surface area contributed by atoms with Gasteiger partial charge >= 0.3 is 5.97 Å². The molecule has 1 aliphatic heterocycles. The highest BCUT2D eigenvalue weighted by Gasteiger charge is 2.31. The molecule has 0 aromatic heterocycles. The molecule has 2 atom stereocenters. The first kappa shape index (κ1) is 15.6. The Morgan fingerprint density at radius 1 is 1.13 bits per heavy atom. The number of carbonyl (C=O) groups is 1. The lowest BCUT2D eigenvalue weighted by atomic mass is 10.0. The molecular formula is C19H21NO3. The minimum absolute atomic E-state index is 0.0176. The van der Waals surface area contributed by atoms with Gasteiger partial charge in [-0.3, -0.25) is 4.79 Å². The molecule has 1 fully saturated rings. The van der Waals surface area contributed by atoms with Crippen LogP contribution >= 0.6 is 0 Å². The van der Waals surface area contributed by atoms with Crippen LogP contribution in [0.15, 0.2) is 54.6 Å². The van der Waals surface area contributed by atoms with Crippen LogP contribution in [0.2, 0.25) is 0 Å². The Labute approximate surface area is 136 Å². The number of hydrogen-bond donors (Lipinski definition) is 1. The van der Waals surface area contributed by atoms with Crippen LogP contribution in [0.1, 0.15) is 17.5 Å². The lowest BCUT2D eigenvalue weighted by Gasteiger charge is -2.16. The Morgan fingerprint density at radius 3 is 2.65 bits per heavy atom. The van der Waals surface area contributed by atoms with Crippen molar-refractivity contribution in [2.75, 3.05) is 13.7 Å². The lowest BCUT2D eigenvalue weighted by molar-refractivity contribution is -0.142. The SMILES string of the molecule is COC(=O)[C@@H]1C[C@H](Oc2ccccc2Cc2ccccc2)CN1. The molecule has 4 heteroatoms. The first-order valence-electron chi connectivity index (χ1n) is 7.86. The summed E-state index contributed by atoms with van der Waals surface area (Å²) in [4.78, 5) is 11.6. The van der Waals surface area contributed by atoms with Crippen molar-refractivity contribution in [3.63, 3.8) is 0 Å². The molecule has 2 aromatic carbocycles. The fourth-order valence-corrected chi connectivity index (χ4v) is 2.88. The van der Waals surface area contributed by atoms with E-state index in [2.05, 4.69) is 23.5 Å². The summed E-state index contributed by atoms with van der Waals surface area (Å²) in [6.45, 7) is 0.652. The van der Waals surface area contributed by atoms with E-state index in [1.165, 1.54) is 12.7 Å². The van der Waals surface area contributed by atoms with E-state index in [9.17, 15) is 4.79 Å². The van der Waals surface area contributed by atoms with E-state index in [-0.39, 0.29) is 18.1 Å². The molecule has 0 spiro atoms. The molecule has 23 heavy (non-hydrogen) atoms. The van der Waals surface area contributed by atoms with Crippen molar-refractivity contribution < 1.29 is 14.3 Å². The molecule has 2 aromatic rings. The smallest absolute Gasteiger partial charge is 0.323 e. The van der Waals surface area contributed by atoms with Gasteiger partial charge in [0.25, 0.3) is 0 Å². The fourth-order valence-electron chi connectivity index (χ4n) is 2.88. The van der Waals surface area contributed by atoms with Gasteiger partial charge in [0.2, 0.25) is 0 Å². The molecule has 1 heterocycles. The monoisotopic (exact) mass is 311 g/mol. The van der Waals surface area contributed by atoms with Crippen LogP contribution in [0.5, 0.6) is 5.75 Å². The zero-order chi connectivity index (χ0) is 16.1. The summed E-state index contributed by atoms with van der Waals surface area (Å²) < 4.78 is 10.9. The molecule has 0 saturated carbocycles. The van der Waals surface area contributed by atoms with Crippen molar-refractivity contribution in [3.05, 3.63) is 65.7 Å². The van der Waals surface area contributed by atoms with Gasteiger partial charge in [-0.25, -0.2) is 0 Å². The molecule has 3 rings (SSSR count). The number of rotatable bonds is 5. The van der Waals surface area contributed by atoms with Crippen LogP contribution in [0.4, 0.5) is 0 Å². The summed E-state index contributed by atoms with van der Waals surface area (Å²) in [5.74, 6) is 0.655. The molecule has 0 bridgehead atoms. The second kappa shape index (κ2) is 7.29. The Morgan fingerprint density at radius 2 is 1.87 bits per heavy atom. The van der Waals surface area contributed by atoms with Gasteiger partial charge in [0.05, 0.1) is 7.11 Å². The summed E-state index contributed by atoms with van der Waals surface area (Å²) in [7, 11) is 1.41. The topological polar surface area (TPSA) is 47.6 Å². The van der Waals surface area contributed by atoms with Crippen LogP contribution in [0, 0.1) is 0 Å². The molecule has 0 unspecified atom stereocenters. The molecule has 120 valence electrons. The standard InChI is InChI=1S/C19H21NO3/c1-22-19(21)17-12-16(13-20-17)23-18-10-6-5-9-15(18)11-14-7-3-2-4-8-14/h2-10,16-17,20H,11-13H2,1H3/t16-,17-/m0/s1. The van der Waals surface area contributed by atoms with Crippen molar-refractivity contribution >= 4 is 5.97 Å². The summed E-state index contributed by atoms with van der Waals surface area (Å²) >= 11 is 0. The van der Waals surface area contributed by atoms with Gasteiger partial charge in [-0.15, -0.1) is 0 Å². The maximum absolute atomic E-state index is 11.6. The zero-order valence-corrected chi connectivity index (χ0v) is 13.2. The molecule has 0 aliphatic carbocycles. The predicted molar refractivity (Wildman–Crippen MR) is 88.5 cm³/mol. The van der Waals surface area contributed by atoms with Gasteiger partial charge in [0, 0.05) is 19.4 Å². The van der Waals surface area contributed by atoms with E-state index in [1.54, 1.807) is 0 Å². The third kappa shape index (κ3) is 3.90. The van der Waals surface area contributed by atoms with Crippen LogP contribution < -0.4 is 10.1 Å². The van der Waals surface area contributed by atoms with Gasteiger partial charge in [-0.1, -0.05) is 48.5 Å². The van der Waals surface area contributed by atoms with Gasteiger partial charge in [-0.2, -0.15) is 0 Å². The fraction of sp³-hybridized carbons (Fsp3) is 0.316. The normalized spacial score (nSPS) is 20.2. The van der Waals surface area contributed by atoms with Crippen LogP contribution in [0.3, 0.4) is 0 Å². The second-order valence-corrected chi connectivity index (χ2v) is 5.73. The van der Waals surface area contributed by atoms with Crippen LogP contribution in [-0.2, 0) is 16.0 Å². The van der Waals surface area contributed by atoms with Gasteiger partial charge < -0.3 is 14.8 Å². The minimum Gasteiger partial charge on any atom is -0.489 e. The highest BCUT2D eigenvalue weighted by Crippen LogP contribution is 2.24. The van der Waals surface area contributed by atoms with E-state index in [0.717, 1.165) is 17.7 Å². The van der Waals surface area contributed by atoms with E-state index in [1.807, 2.05) is 36.4 Å². The van der Waals surface area contributed by atoms with Crippen molar-refractivity contribution in [3.8, 4) is 5.75 Å². The van der Waals surface area contributed by atoms with Crippen molar-refractivity contribution in [2.24, 2.45) is 0 Å². The Hall–Kier alpha value is -2.33. The Kier molecular flexibility index (Phi) is 4.93. The zero-order valence-electron chi connectivity index (χ0n) is 13.2. The number of methoxy groups -OCH3 is 1. The summed E-state index contributed by atoms with van der Waals surface area (Å²) in [6, 6.07) is 18.1. The summed E-state index contributed by atoms with van der Waals surface area (Å²) in [6.07, 6.45) is 1.44. The molecular weight excluding hydrogens is 290 g/mol. The van der Waals surface area contributed by atoms with Gasteiger partial charge in [-0.05, 0) is 17.2 Å². The van der Waals surface area contributed by atoms with Gasteiger partial charge in [0.1, 0.15) is 17.9 Å². The molecule has 4 nitrogen and oxygen atoms in total. The second-order valence-electron chi connectivity index (χ2n) is 5.73. The lowest BCUT2D eigenvalue weighted by Crippen LogP contribution is -2.31. The summed E-state index contributed by atoms with van der Waals surface area (Å²) in [5.41, 5.74) is 2.40.